The Kier molecular flexibility index (Phi) is 3.35. The zero-order valence-electron chi connectivity index (χ0n) is 13.0. The summed E-state index contributed by atoms with van der Waals surface area (Å²) >= 11 is 0. The molecule has 0 unspecified atom stereocenters. The van der Waals surface area contributed by atoms with Crippen LogP contribution in [-0.4, -0.2) is 47.2 Å². The molecule has 1 amide bonds. The molecule has 3 heterocycles. The smallest absolute Gasteiger partial charge is 0.313 e. The van der Waals surface area contributed by atoms with Crippen LogP contribution in [0.3, 0.4) is 0 Å². The summed E-state index contributed by atoms with van der Waals surface area (Å²) in [6, 6.07) is 0.162. The van der Waals surface area contributed by atoms with Crippen LogP contribution in [0.15, 0.2) is 12.2 Å². The van der Waals surface area contributed by atoms with E-state index < -0.39 is 17.4 Å². The lowest BCUT2D eigenvalue weighted by atomic mass is 9.77. The Morgan fingerprint density at radius 2 is 2.24 bits per heavy atom. The van der Waals surface area contributed by atoms with Gasteiger partial charge in [0.05, 0.1) is 24.7 Å². The largest absolute Gasteiger partial charge is 0.463 e. The predicted molar refractivity (Wildman–Crippen MR) is 76.4 cm³/mol. The number of fused-ring (bicyclic) bond motifs is 1. The third-order valence-corrected chi connectivity index (χ3v) is 4.88. The minimum Gasteiger partial charge on any atom is -0.463 e. The number of esters is 1. The summed E-state index contributed by atoms with van der Waals surface area (Å²) in [5.74, 6) is -1.21. The molecule has 5 heteroatoms. The van der Waals surface area contributed by atoms with Gasteiger partial charge in [0, 0.05) is 6.04 Å². The average Bonchev–Trinajstić information content (AvgIpc) is 3.05. The van der Waals surface area contributed by atoms with Crippen LogP contribution in [0.4, 0.5) is 0 Å². The van der Waals surface area contributed by atoms with E-state index in [2.05, 4.69) is 6.92 Å². The van der Waals surface area contributed by atoms with Crippen molar-refractivity contribution in [1.82, 2.24) is 4.90 Å². The van der Waals surface area contributed by atoms with E-state index in [0.29, 0.717) is 6.54 Å². The van der Waals surface area contributed by atoms with Crippen molar-refractivity contribution in [3.8, 4) is 0 Å². The summed E-state index contributed by atoms with van der Waals surface area (Å²) in [5.41, 5.74) is -0.619. The average molecular weight is 293 g/mol. The molecule has 0 aliphatic carbocycles. The zero-order chi connectivity index (χ0) is 15.4. The van der Waals surface area contributed by atoms with Crippen LogP contribution in [0.5, 0.6) is 0 Å². The van der Waals surface area contributed by atoms with Crippen molar-refractivity contribution < 1.29 is 19.1 Å². The fourth-order valence-corrected chi connectivity index (χ4v) is 3.70. The lowest BCUT2D eigenvalue weighted by Crippen LogP contribution is -2.41. The molecule has 2 saturated heterocycles. The van der Waals surface area contributed by atoms with E-state index in [1.165, 1.54) is 0 Å². The summed E-state index contributed by atoms with van der Waals surface area (Å²) in [6.07, 6.45) is 4.28. The molecule has 5 atom stereocenters. The molecule has 0 aromatic rings. The molecule has 0 aromatic heterocycles. The van der Waals surface area contributed by atoms with Crippen LogP contribution < -0.4 is 0 Å². The van der Waals surface area contributed by atoms with E-state index in [4.69, 9.17) is 9.47 Å². The number of rotatable bonds is 4. The summed E-state index contributed by atoms with van der Waals surface area (Å²) in [4.78, 5) is 27.0. The minimum absolute atomic E-state index is 0.0295. The van der Waals surface area contributed by atoms with E-state index in [1.54, 1.807) is 0 Å². The van der Waals surface area contributed by atoms with Crippen LogP contribution in [0.1, 0.15) is 34.1 Å². The SMILES string of the molecule is CC[C@@H](C)N1C[C@@]23C=C[C@H](O2)[C@@H](C(=O)OC(C)C)[C@H]3C1=O. The van der Waals surface area contributed by atoms with Gasteiger partial charge < -0.3 is 14.4 Å². The van der Waals surface area contributed by atoms with Gasteiger partial charge in [-0.15, -0.1) is 0 Å². The molecular weight excluding hydrogens is 270 g/mol. The Morgan fingerprint density at radius 1 is 1.52 bits per heavy atom. The Bertz CT molecular complexity index is 501. The summed E-state index contributed by atoms with van der Waals surface area (Å²) in [7, 11) is 0. The van der Waals surface area contributed by atoms with Crippen molar-refractivity contribution in [2.75, 3.05) is 6.54 Å². The van der Waals surface area contributed by atoms with Gasteiger partial charge in [-0.3, -0.25) is 9.59 Å². The van der Waals surface area contributed by atoms with Crippen LogP contribution in [0, 0.1) is 11.8 Å². The first-order valence-electron chi connectivity index (χ1n) is 7.77. The van der Waals surface area contributed by atoms with Crippen molar-refractivity contribution >= 4 is 11.9 Å². The monoisotopic (exact) mass is 293 g/mol. The van der Waals surface area contributed by atoms with Gasteiger partial charge in [0.25, 0.3) is 0 Å². The van der Waals surface area contributed by atoms with Gasteiger partial charge in [0.1, 0.15) is 11.5 Å². The number of carbonyl (C=O) groups is 2. The quantitative estimate of drug-likeness (QED) is 0.582. The van der Waals surface area contributed by atoms with Gasteiger partial charge >= 0.3 is 5.97 Å². The fraction of sp³-hybridized carbons (Fsp3) is 0.750. The number of likely N-dealkylation sites (tertiary alicyclic amines) is 1. The molecule has 1 spiro atoms. The number of hydrogen-bond acceptors (Lipinski definition) is 4. The van der Waals surface area contributed by atoms with Crippen molar-refractivity contribution in [3.63, 3.8) is 0 Å². The molecule has 3 aliphatic rings. The van der Waals surface area contributed by atoms with Gasteiger partial charge in [-0.25, -0.2) is 0 Å². The van der Waals surface area contributed by atoms with Gasteiger partial charge in [0.15, 0.2) is 0 Å². The second-order valence-electron chi connectivity index (χ2n) is 6.61. The number of amides is 1. The van der Waals surface area contributed by atoms with Crippen molar-refractivity contribution in [3.05, 3.63) is 12.2 Å². The Balaban J connectivity index is 1.88. The number of hydrogen-bond donors (Lipinski definition) is 0. The lowest BCUT2D eigenvalue weighted by molar-refractivity contribution is -0.157. The van der Waals surface area contributed by atoms with E-state index in [0.717, 1.165) is 6.42 Å². The highest BCUT2D eigenvalue weighted by Gasteiger charge is 2.67. The summed E-state index contributed by atoms with van der Waals surface area (Å²) in [6.45, 7) is 8.28. The number of nitrogens with zero attached hydrogens (tertiary/aromatic N) is 1. The second kappa shape index (κ2) is 4.83. The number of carbonyl (C=O) groups excluding carboxylic acids is 2. The van der Waals surface area contributed by atoms with Gasteiger partial charge in [-0.1, -0.05) is 19.1 Å². The molecular formula is C16H23NO4. The highest BCUT2D eigenvalue weighted by atomic mass is 16.6. The zero-order valence-corrected chi connectivity index (χ0v) is 13.0. The Hall–Kier alpha value is -1.36. The maximum Gasteiger partial charge on any atom is 0.313 e. The van der Waals surface area contributed by atoms with Crippen LogP contribution in [0.25, 0.3) is 0 Å². The van der Waals surface area contributed by atoms with Crippen molar-refractivity contribution in [2.45, 2.75) is 58.0 Å². The molecule has 2 bridgehead atoms. The van der Waals surface area contributed by atoms with Gasteiger partial charge in [-0.2, -0.15) is 0 Å². The molecule has 0 N–H and O–H groups in total. The molecule has 5 nitrogen and oxygen atoms in total. The van der Waals surface area contributed by atoms with E-state index in [1.807, 2.05) is 37.8 Å². The second-order valence-corrected chi connectivity index (χ2v) is 6.61. The standard InChI is InChI=1S/C16H23NO4/c1-5-10(4)17-8-16-7-6-11(21-16)12(13(16)14(17)18)15(19)20-9(2)3/h6-7,9-13H,5,8H2,1-4H3/t10-,11+,12-,13+,16-/m1/s1. The Labute approximate surface area is 125 Å². The molecule has 0 aromatic carbocycles. The van der Waals surface area contributed by atoms with Gasteiger partial charge in [-0.05, 0) is 27.2 Å². The fourth-order valence-electron chi connectivity index (χ4n) is 3.70. The summed E-state index contributed by atoms with van der Waals surface area (Å²) in [5, 5.41) is 0. The van der Waals surface area contributed by atoms with E-state index in [-0.39, 0.29) is 30.1 Å². The van der Waals surface area contributed by atoms with Crippen LogP contribution in [-0.2, 0) is 19.1 Å². The molecule has 0 saturated carbocycles. The topological polar surface area (TPSA) is 55.8 Å². The van der Waals surface area contributed by atoms with E-state index in [9.17, 15) is 9.59 Å². The summed E-state index contributed by atoms with van der Waals surface area (Å²) < 4.78 is 11.4. The van der Waals surface area contributed by atoms with Crippen LogP contribution >= 0.6 is 0 Å². The first-order valence-corrected chi connectivity index (χ1v) is 7.77. The Morgan fingerprint density at radius 3 is 2.86 bits per heavy atom. The molecule has 2 fully saturated rings. The van der Waals surface area contributed by atoms with Crippen molar-refractivity contribution in [2.24, 2.45) is 11.8 Å². The molecule has 3 rings (SSSR count). The third-order valence-electron chi connectivity index (χ3n) is 4.88. The third kappa shape index (κ3) is 2.01. The molecule has 116 valence electrons. The van der Waals surface area contributed by atoms with E-state index >= 15 is 0 Å². The molecule has 21 heavy (non-hydrogen) atoms. The predicted octanol–water partition coefficient (Wildman–Crippen LogP) is 1.52. The lowest BCUT2D eigenvalue weighted by Gasteiger charge is -2.26. The first-order chi connectivity index (χ1) is 9.89. The van der Waals surface area contributed by atoms with Gasteiger partial charge in [0.2, 0.25) is 5.91 Å². The van der Waals surface area contributed by atoms with Crippen LogP contribution in [0.2, 0.25) is 0 Å². The molecule has 3 aliphatic heterocycles. The first kappa shape index (κ1) is 14.6. The highest BCUT2D eigenvalue weighted by molar-refractivity contribution is 5.91. The normalized spacial score (nSPS) is 38.2. The maximum absolute atomic E-state index is 12.8. The highest BCUT2D eigenvalue weighted by Crippen LogP contribution is 2.52. The van der Waals surface area contributed by atoms with Crippen molar-refractivity contribution in [1.29, 1.82) is 0 Å². The maximum atomic E-state index is 12.8. The molecule has 0 radical (unpaired) electrons. The number of ether oxygens (including phenoxy) is 2. The minimum atomic E-state index is -0.619.